The van der Waals surface area contributed by atoms with Crippen LogP contribution in [0, 0.1) is 0 Å². The maximum Gasteiger partial charge on any atom is 1.00 e. The fourth-order valence-electron chi connectivity index (χ4n) is 12.2. The Kier molecular flexibility index (Phi) is 83.9. The number of carbonyl (C=O) groups excluding carboxylic acids is 7. The van der Waals surface area contributed by atoms with E-state index in [1.165, 1.54) is 89.9 Å². The quantitative estimate of drug-likeness (QED) is 0.0110. The van der Waals surface area contributed by atoms with Crippen molar-refractivity contribution in [3.8, 4) is 0 Å². The smallest absolute Gasteiger partial charge is 0.756 e. The average molecular weight is 1620 g/mol. The number of hydrogen-bond acceptors (Lipinski definition) is 19. The maximum atomic E-state index is 13.3. The molecule has 23 nitrogen and oxygen atoms in total. The molecule has 0 aromatic rings. The predicted octanol–water partition coefficient (Wildman–Crippen LogP) is 12.8. The van der Waals surface area contributed by atoms with Crippen LogP contribution in [0.2, 0.25) is 0 Å². The van der Waals surface area contributed by atoms with E-state index < -0.39 is 97.1 Å². The van der Waals surface area contributed by atoms with Crippen LogP contribution in [-0.2, 0) is 74.9 Å². The minimum atomic E-state index is -5.06. The number of allylic oxidation sites excluding steroid dienone is 4. The first-order valence-corrected chi connectivity index (χ1v) is 45.9. The Hall–Kier alpha value is -1.89. The molecule has 0 spiro atoms. The van der Waals surface area contributed by atoms with E-state index in [1.807, 2.05) is 0 Å². The first kappa shape index (κ1) is 112. The molecule has 4 N–H and O–H groups in total. The van der Waals surface area contributed by atoms with Crippen LogP contribution in [0.25, 0.3) is 0 Å². The number of phosphoric acid groups is 2. The third kappa shape index (κ3) is 78.6. The summed E-state index contributed by atoms with van der Waals surface area (Å²) >= 11 is 0. The van der Waals surface area contributed by atoms with Gasteiger partial charge in [0.25, 0.3) is 15.6 Å². The Morgan fingerprint density at radius 3 is 0.955 bits per heavy atom. The molecule has 0 saturated heterocycles. The van der Waals surface area contributed by atoms with Gasteiger partial charge >= 0.3 is 77.1 Å². The number of urea groups is 1. The molecule has 0 fully saturated rings. The number of Topliss-reactive ketones (excluding diaryl/α,β-unsaturated/α-hetero) is 2. The van der Waals surface area contributed by atoms with Crippen molar-refractivity contribution in [2.45, 2.75) is 400 Å². The summed E-state index contributed by atoms with van der Waals surface area (Å²) in [6.45, 7) is 9.87. The summed E-state index contributed by atoms with van der Waals surface area (Å²) in [5, 5.41) is 10.2. The van der Waals surface area contributed by atoms with Gasteiger partial charge in [-0.2, -0.15) is 0 Å². The Morgan fingerprint density at radius 2 is 0.627 bits per heavy atom. The number of phosphoric ester groups is 2. The molecule has 0 bridgehead atoms. The number of hydrogen-bond donors (Lipinski definition) is 4. The van der Waals surface area contributed by atoms with Crippen LogP contribution in [0.4, 0.5) is 4.79 Å². The zero-order chi connectivity index (χ0) is 79.5. The number of unbranched alkanes of at least 4 members (excludes halogenated alkanes) is 34. The van der Waals surface area contributed by atoms with E-state index >= 15 is 0 Å². The normalized spacial score (nSPS) is 13.7. The average Bonchev–Trinajstić information content (AvgIpc) is 0.912. The molecule has 0 heterocycles. The molecule has 632 valence electrons. The Bertz CT molecular complexity index is 2230. The zero-order valence-electron chi connectivity index (χ0n) is 70.6. The van der Waals surface area contributed by atoms with Gasteiger partial charge in [-0.1, -0.05) is 258 Å². The van der Waals surface area contributed by atoms with Gasteiger partial charge in [-0.15, -0.1) is 0 Å². The maximum absolute atomic E-state index is 13.3. The molecular formula is C83H154N4Na2O19P2. The van der Waals surface area contributed by atoms with E-state index in [2.05, 4.69) is 87.1 Å². The molecular weight excluding hydrogens is 1460 g/mol. The van der Waals surface area contributed by atoms with Gasteiger partial charge in [0.2, 0.25) is 11.8 Å². The van der Waals surface area contributed by atoms with E-state index in [9.17, 15) is 52.5 Å². The fourth-order valence-corrected chi connectivity index (χ4v) is 13.7. The Morgan fingerprint density at radius 1 is 0.336 bits per heavy atom. The minimum Gasteiger partial charge on any atom is -0.756 e. The van der Waals surface area contributed by atoms with Gasteiger partial charge in [-0.05, 0) is 89.9 Å². The summed E-state index contributed by atoms with van der Waals surface area (Å²) < 4.78 is 70.4. The first-order chi connectivity index (χ1) is 52.3. The molecule has 110 heavy (non-hydrogen) atoms. The van der Waals surface area contributed by atoms with Crippen molar-refractivity contribution in [2.75, 3.05) is 65.9 Å². The van der Waals surface area contributed by atoms with Crippen LogP contribution in [0.5, 0.6) is 0 Å². The number of ketones is 2. The summed E-state index contributed by atoms with van der Waals surface area (Å²) in [7, 11) is -10.1. The molecule has 0 aromatic heterocycles. The van der Waals surface area contributed by atoms with E-state index in [4.69, 9.17) is 37.0 Å². The molecule has 0 saturated carbocycles. The van der Waals surface area contributed by atoms with Crippen LogP contribution >= 0.6 is 15.6 Å². The molecule has 6 atom stereocenters. The summed E-state index contributed by atoms with van der Waals surface area (Å²) in [4.78, 5) is 117. The van der Waals surface area contributed by atoms with E-state index in [0.29, 0.717) is 64.2 Å². The number of ether oxygens (including phenoxy) is 4. The van der Waals surface area contributed by atoms with Crippen molar-refractivity contribution >= 4 is 57.0 Å². The largest absolute Gasteiger partial charge is 1.00 e. The summed E-state index contributed by atoms with van der Waals surface area (Å²) in [5.74, 6) is -2.28. The van der Waals surface area contributed by atoms with Gasteiger partial charge in [-0.3, -0.25) is 37.9 Å². The van der Waals surface area contributed by atoms with Crippen LogP contribution < -0.4 is 90.2 Å². The second-order valence-electron chi connectivity index (χ2n) is 29.2. The molecule has 27 heteroatoms. The number of rotatable bonds is 82. The fraction of sp³-hybridized carbons (Fsp3) is 0.867. The van der Waals surface area contributed by atoms with Crippen LogP contribution in [-0.4, -0.2) is 132 Å². The van der Waals surface area contributed by atoms with Gasteiger partial charge in [0.1, 0.15) is 23.8 Å². The van der Waals surface area contributed by atoms with Gasteiger partial charge in [0.15, 0.2) is 0 Å². The van der Waals surface area contributed by atoms with Crippen LogP contribution in [0.1, 0.15) is 375 Å². The molecule has 6 unspecified atom stereocenters. The van der Waals surface area contributed by atoms with Crippen LogP contribution in [0.15, 0.2) is 24.3 Å². The molecule has 0 aliphatic rings. The molecule has 0 aliphatic heterocycles. The SMILES string of the molecule is CCCCCC/C=C\CCCC(=O)OC(CCCCCCC)CCOCC(COP(=O)([O-])OCCNC(=O)NCCOP(=O)([O-])OCC(COCCC(CCCCCCC)OC(=O)CCC/C=C\CCCCCC)NC(=O)CC(=O)CCCCCCCCCCC)NC(=O)CC(=O)CCCCCCCCCCC.[Na+].[Na+]. The van der Waals surface area contributed by atoms with Crippen molar-refractivity contribution in [3.63, 3.8) is 0 Å². The minimum absolute atomic E-state index is 0. The van der Waals surface area contributed by atoms with Crippen LogP contribution in [0.3, 0.4) is 0 Å². The third-order valence-electron chi connectivity index (χ3n) is 18.7. The van der Waals surface area contributed by atoms with Gasteiger partial charge in [0, 0.05) is 51.6 Å². The number of nitrogens with one attached hydrogen (secondary N) is 4. The zero-order valence-corrected chi connectivity index (χ0v) is 76.4. The van der Waals surface area contributed by atoms with Gasteiger partial charge < -0.3 is 68.1 Å². The standard InChI is InChI=1S/C83H156N4O19P2.2Na/c1-7-13-19-25-29-33-37-43-47-53-75(88)67-79(90)86-73(69-99-63-59-77(55-49-41-23-17-11-5)105-81(92)57-51-45-39-35-31-27-21-15-9-3)71-103-107(95,96)101-65-61-84-83(94)85-62-66-102-108(97,98)104-72-74(87-80(91)68-76(89)54-48-44-38-34-30-26-20-14-8-2)70-100-64-60-78(56-50-42-24-18-12-6)106-82(93)58-52-46-40-36-32-28-22-16-10-4;;/h35-36,39-40,73-74,77-78H,7-34,37-38,41-72H2,1-6H3,(H,86,90)(H,87,91)(H,95,96)(H,97,98)(H2,84,85,94);;/q;2*+1/p-2/b39-35-,40-36-;;. The number of carbonyl (C=O) groups is 7. The van der Waals surface area contributed by atoms with Crippen molar-refractivity contribution in [1.82, 2.24) is 21.3 Å². The number of esters is 2. The van der Waals surface area contributed by atoms with E-state index in [0.717, 1.165) is 154 Å². The van der Waals surface area contributed by atoms with Crippen molar-refractivity contribution in [1.29, 1.82) is 0 Å². The predicted molar refractivity (Wildman–Crippen MR) is 428 cm³/mol. The second-order valence-corrected chi connectivity index (χ2v) is 32.1. The molecule has 0 radical (unpaired) electrons. The molecule has 0 aromatic carbocycles. The molecule has 4 amide bonds. The third-order valence-corrected chi connectivity index (χ3v) is 20.6. The second kappa shape index (κ2) is 82.2. The van der Waals surface area contributed by atoms with Crippen molar-refractivity contribution in [2.24, 2.45) is 0 Å². The molecule has 0 aliphatic carbocycles. The van der Waals surface area contributed by atoms with E-state index in [1.54, 1.807) is 0 Å². The van der Waals surface area contributed by atoms with Crippen molar-refractivity contribution in [3.05, 3.63) is 24.3 Å². The molecule has 0 rings (SSSR count). The topological polar surface area (TPSA) is 322 Å². The first-order valence-electron chi connectivity index (χ1n) is 43.0. The monoisotopic (exact) mass is 1620 g/mol. The summed E-state index contributed by atoms with van der Waals surface area (Å²) in [6.07, 6.45) is 54.4. The van der Waals surface area contributed by atoms with E-state index in [-0.39, 0.29) is 135 Å². The van der Waals surface area contributed by atoms with Gasteiger partial charge in [-0.25, -0.2) is 4.79 Å². The Labute approximate surface area is 711 Å². The number of amides is 4. The summed E-state index contributed by atoms with van der Waals surface area (Å²) in [6, 6.07) is -2.88. The van der Waals surface area contributed by atoms with Crippen molar-refractivity contribution < 1.29 is 149 Å². The Balaban J connectivity index is -0.0000572. The van der Waals surface area contributed by atoms with Gasteiger partial charge in [0.05, 0.1) is 77.8 Å². The summed E-state index contributed by atoms with van der Waals surface area (Å²) in [5.41, 5.74) is 0.